The first kappa shape index (κ1) is 14.7. The highest BCUT2D eigenvalue weighted by atomic mass is 35.5. The number of nitriles is 1. The third-order valence-corrected chi connectivity index (χ3v) is 4.34. The van der Waals surface area contributed by atoms with Gasteiger partial charge in [0.05, 0.1) is 15.7 Å². The molecule has 108 valence electrons. The lowest BCUT2D eigenvalue weighted by atomic mass is 10.1. The van der Waals surface area contributed by atoms with Gasteiger partial charge in [0.2, 0.25) is 0 Å². The molecule has 2 aromatic rings. The largest absolute Gasteiger partial charge is 0.302 e. The van der Waals surface area contributed by atoms with Crippen molar-refractivity contribution in [2.45, 2.75) is 13.0 Å². The van der Waals surface area contributed by atoms with Crippen molar-refractivity contribution in [1.82, 2.24) is 14.7 Å². The molecule has 2 heterocycles. The first-order valence-corrected chi connectivity index (χ1v) is 7.49. The van der Waals surface area contributed by atoms with Crippen molar-refractivity contribution in [3.8, 4) is 11.8 Å². The van der Waals surface area contributed by atoms with Gasteiger partial charge in [-0.05, 0) is 19.2 Å². The minimum absolute atomic E-state index is 0.415. The molecule has 3 rings (SSSR count). The van der Waals surface area contributed by atoms with Gasteiger partial charge in [0.15, 0.2) is 5.69 Å². The summed E-state index contributed by atoms with van der Waals surface area (Å²) >= 11 is 18.5. The molecule has 0 saturated heterocycles. The van der Waals surface area contributed by atoms with Gasteiger partial charge in [-0.15, -0.1) is 0 Å². The van der Waals surface area contributed by atoms with Crippen molar-refractivity contribution in [2.24, 2.45) is 0 Å². The number of hydrogen-bond donors (Lipinski definition) is 0. The van der Waals surface area contributed by atoms with Crippen LogP contribution in [0.3, 0.4) is 0 Å². The van der Waals surface area contributed by atoms with E-state index in [2.05, 4.69) is 16.1 Å². The van der Waals surface area contributed by atoms with Crippen LogP contribution in [0.1, 0.15) is 17.0 Å². The molecule has 0 aliphatic carbocycles. The average molecular weight is 342 g/mol. The first-order chi connectivity index (χ1) is 10.0. The van der Waals surface area contributed by atoms with Crippen LogP contribution in [0.2, 0.25) is 15.1 Å². The minimum Gasteiger partial charge on any atom is -0.302 e. The molecule has 0 N–H and O–H groups in total. The lowest BCUT2D eigenvalue weighted by Gasteiger charge is -2.23. The summed E-state index contributed by atoms with van der Waals surface area (Å²) in [6.45, 7) is 1.59. The van der Waals surface area contributed by atoms with E-state index < -0.39 is 0 Å². The molecular formula is C14H11Cl3N4. The number of likely N-dealkylation sites (N-methyl/N-ethyl adjacent to an activating group) is 1. The molecule has 1 aliphatic heterocycles. The molecule has 21 heavy (non-hydrogen) atoms. The van der Waals surface area contributed by atoms with Gasteiger partial charge in [-0.1, -0.05) is 34.8 Å². The van der Waals surface area contributed by atoms with Gasteiger partial charge in [0.25, 0.3) is 0 Å². The van der Waals surface area contributed by atoms with Crippen molar-refractivity contribution < 1.29 is 0 Å². The zero-order valence-electron chi connectivity index (χ0n) is 11.2. The van der Waals surface area contributed by atoms with Gasteiger partial charge in [0.1, 0.15) is 11.8 Å². The third-order valence-electron chi connectivity index (χ3n) is 3.55. The fraction of sp³-hybridized carbons (Fsp3) is 0.286. The first-order valence-electron chi connectivity index (χ1n) is 6.35. The fourth-order valence-corrected chi connectivity index (χ4v) is 3.54. The molecule has 0 radical (unpaired) electrons. The van der Waals surface area contributed by atoms with E-state index in [1.165, 1.54) is 0 Å². The molecule has 4 nitrogen and oxygen atoms in total. The molecule has 0 bridgehead atoms. The zero-order chi connectivity index (χ0) is 15.1. The van der Waals surface area contributed by atoms with E-state index in [9.17, 15) is 5.26 Å². The molecule has 1 aromatic carbocycles. The summed E-state index contributed by atoms with van der Waals surface area (Å²) in [6.07, 6.45) is 0.787. The summed E-state index contributed by atoms with van der Waals surface area (Å²) < 4.78 is 1.68. The van der Waals surface area contributed by atoms with Crippen LogP contribution in [0.15, 0.2) is 12.1 Å². The third kappa shape index (κ3) is 2.51. The quantitative estimate of drug-likeness (QED) is 0.794. The molecule has 1 aromatic heterocycles. The number of nitrogens with zero attached hydrogens (tertiary/aromatic N) is 4. The van der Waals surface area contributed by atoms with Crippen molar-refractivity contribution in [1.29, 1.82) is 5.26 Å². The van der Waals surface area contributed by atoms with E-state index in [0.29, 0.717) is 33.0 Å². The maximum atomic E-state index is 9.29. The Hall–Kier alpha value is -1.25. The van der Waals surface area contributed by atoms with Crippen LogP contribution >= 0.6 is 34.8 Å². The molecule has 0 fully saturated rings. The van der Waals surface area contributed by atoms with Gasteiger partial charge in [-0.3, -0.25) is 0 Å². The molecular weight excluding hydrogens is 331 g/mol. The van der Waals surface area contributed by atoms with Crippen LogP contribution in [0.4, 0.5) is 0 Å². The number of aromatic nitrogens is 2. The predicted molar refractivity (Wildman–Crippen MR) is 83.3 cm³/mol. The van der Waals surface area contributed by atoms with E-state index in [1.54, 1.807) is 16.8 Å². The number of benzene rings is 1. The molecule has 7 heteroatoms. The Kier molecular flexibility index (Phi) is 3.85. The fourth-order valence-electron chi connectivity index (χ4n) is 2.57. The lowest BCUT2D eigenvalue weighted by molar-refractivity contribution is 0.310. The highest BCUT2D eigenvalue weighted by Gasteiger charge is 2.25. The Morgan fingerprint density at radius 3 is 2.52 bits per heavy atom. The van der Waals surface area contributed by atoms with Crippen molar-refractivity contribution in [3.05, 3.63) is 44.2 Å². The SMILES string of the molecule is CN1CCc2c(c(C#N)nn2-c2c(Cl)cc(Cl)cc2Cl)C1. The lowest BCUT2D eigenvalue weighted by Crippen LogP contribution is -2.27. The Labute approximate surface area is 137 Å². The highest BCUT2D eigenvalue weighted by molar-refractivity contribution is 6.40. The second-order valence-electron chi connectivity index (χ2n) is 5.00. The van der Waals surface area contributed by atoms with Gasteiger partial charge in [-0.25, -0.2) is 4.68 Å². The summed E-state index contributed by atoms with van der Waals surface area (Å²) in [5.74, 6) is 0. The van der Waals surface area contributed by atoms with E-state index in [4.69, 9.17) is 34.8 Å². The monoisotopic (exact) mass is 340 g/mol. The van der Waals surface area contributed by atoms with Crippen molar-refractivity contribution in [3.63, 3.8) is 0 Å². The van der Waals surface area contributed by atoms with Crippen LogP contribution in [0.25, 0.3) is 5.69 Å². The molecule has 0 amide bonds. The molecule has 0 spiro atoms. The zero-order valence-corrected chi connectivity index (χ0v) is 13.5. The molecule has 0 saturated carbocycles. The van der Waals surface area contributed by atoms with E-state index in [1.807, 2.05) is 7.05 Å². The number of halogens is 3. The number of rotatable bonds is 1. The van der Waals surface area contributed by atoms with Gasteiger partial charge < -0.3 is 4.90 Å². The second-order valence-corrected chi connectivity index (χ2v) is 6.25. The Balaban J connectivity index is 2.24. The van der Waals surface area contributed by atoms with Crippen LogP contribution in [-0.2, 0) is 13.0 Å². The maximum absolute atomic E-state index is 9.29. The summed E-state index contributed by atoms with van der Waals surface area (Å²) in [4.78, 5) is 2.15. The summed E-state index contributed by atoms with van der Waals surface area (Å²) in [7, 11) is 2.02. The van der Waals surface area contributed by atoms with E-state index >= 15 is 0 Å². The normalized spacial score (nSPS) is 14.8. The smallest absolute Gasteiger partial charge is 0.167 e. The predicted octanol–water partition coefficient (Wildman–Crippen LogP) is 3.69. The van der Waals surface area contributed by atoms with Gasteiger partial charge >= 0.3 is 0 Å². The average Bonchev–Trinajstić information content (AvgIpc) is 2.75. The Morgan fingerprint density at radius 1 is 1.24 bits per heavy atom. The van der Waals surface area contributed by atoms with E-state index in [-0.39, 0.29) is 0 Å². The molecule has 0 unspecified atom stereocenters. The van der Waals surface area contributed by atoms with Crippen molar-refractivity contribution >= 4 is 34.8 Å². The summed E-state index contributed by atoms with van der Waals surface area (Å²) in [5, 5.41) is 15.0. The van der Waals surface area contributed by atoms with Gasteiger partial charge in [0, 0.05) is 30.1 Å². The van der Waals surface area contributed by atoms with Gasteiger partial charge in [-0.2, -0.15) is 10.4 Å². The number of hydrogen-bond acceptors (Lipinski definition) is 3. The van der Waals surface area contributed by atoms with Crippen LogP contribution < -0.4 is 0 Å². The Bertz CT molecular complexity index is 737. The van der Waals surface area contributed by atoms with Crippen LogP contribution in [-0.4, -0.2) is 28.3 Å². The minimum atomic E-state index is 0.415. The molecule has 1 aliphatic rings. The van der Waals surface area contributed by atoms with Crippen LogP contribution in [0.5, 0.6) is 0 Å². The highest BCUT2D eigenvalue weighted by Crippen LogP contribution is 2.34. The van der Waals surface area contributed by atoms with Crippen molar-refractivity contribution in [2.75, 3.05) is 13.6 Å². The molecule has 0 atom stereocenters. The topological polar surface area (TPSA) is 44.9 Å². The summed E-state index contributed by atoms with van der Waals surface area (Å²) in [5.41, 5.74) is 2.91. The maximum Gasteiger partial charge on any atom is 0.167 e. The Morgan fingerprint density at radius 2 is 1.90 bits per heavy atom. The second kappa shape index (κ2) is 5.51. The summed E-state index contributed by atoms with van der Waals surface area (Å²) in [6, 6.07) is 5.39. The number of fused-ring (bicyclic) bond motifs is 1. The van der Waals surface area contributed by atoms with Crippen LogP contribution in [0, 0.1) is 11.3 Å². The standard InChI is InChI=1S/C14H11Cl3N4/c1-20-3-2-13-9(7-20)12(6-18)19-21(13)14-10(16)4-8(15)5-11(14)17/h4-5H,2-3,7H2,1H3. The van der Waals surface area contributed by atoms with E-state index in [0.717, 1.165) is 24.2 Å².